The predicted molar refractivity (Wildman–Crippen MR) is 130 cm³/mol. The van der Waals surface area contributed by atoms with Gasteiger partial charge in [-0.3, -0.25) is 0 Å². The number of imidazole rings is 1. The Morgan fingerprint density at radius 2 is 1.71 bits per heavy atom. The van der Waals surface area contributed by atoms with E-state index >= 15 is 0 Å². The molecule has 5 rings (SSSR count). The number of aromatic nitrogens is 7. The first-order valence-corrected chi connectivity index (χ1v) is 10.8. The summed E-state index contributed by atoms with van der Waals surface area (Å²) in [5, 5.41) is 13.5. The van der Waals surface area contributed by atoms with Gasteiger partial charge in [-0.1, -0.05) is 30.3 Å². The summed E-state index contributed by atoms with van der Waals surface area (Å²) in [6.45, 7) is 6.61. The molecule has 0 unspecified atom stereocenters. The SMILES string of the molecule is CC(C)(C)n1c(-c2ccccc2-c2ncn(CC#N)n2)nc2cc(-c3cnc(N)nc3)ccc21. The van der Waals surface area contributed by atoms with Gasteiger partial charge in [0.05, 0.1) is 17.1 Å². The molecular formula is C25H23N9. The van der Waals surface area contributed by atoms with Crippen molar-refractivity contribution in [3.05, 3.63) is 61.2 Å². The van der Waals surface area contributed by atoms with Crippen LogP contribution in [0.2, 0.25) is 0 Å². The summed E-state index contributed by atoms with van der Waals surface area (Å²) in [6, 6.07) is 16.2. The number of rotatable bonds is 4. The summed E-state index contributed by atoms with van der Waals surface area (Å²) < 4.78 is 3.76. The second-order valence-electron chi connectivity index (χ2n) is 8.94. The molecule has 2 aromatic carbocycles. The fourth-order valence-corrected chi connectivity index (χ4v) is 4.05. The first kappa shape index (κ1) is 21.3. The molecule has 3 heterocycles. The molecule has 0 aliphatic heterocycles. The van der Waals surface area contributed by atoms with Crippen LogP contribution < -0.4 is 5.73 Å². The first-order chi connectivity index (χ1) is 16.3. The molecule has 5 aromatic rings. The van der Waals surface area contributed by atoms with Gasteiger partial charge in [0.15, 0.2) is 5.82 Å². The van der Waals surface area contributed by atoms with Gasteiger partial charge < -0.3 is 10.3 Å². The van der Waals surface area contributed by atoms with Crippen LogP contribution in [-0.4, -0.2) is 34.3 Å². The molecule has 2 N–H and O–H groups in total. The Morgan fingerprint density at radius 1 is 0.971 bits per heavy atom. The van der Waals surface area contributed by atoms with Gasteiger partial charge in [0.1, 0.15) is 18.7 Å². The van der Waals surface area contributed by atoms with Gasteiger partial charge in [0.25, 0.3) is 0 Å². The van der Waals surface area contributed by atoms with Crippen molar-refractivity contribution >= 4 is 17.0 Å². The highest BCUT2D eigenvalue weighted by molar-refractivity contribution is 5.88. The second-order valence-corrected chi connectivity index (χ2v) is 8.94. The molecule has 9 heteroatoms. The van der Waals surface area contributed by atoms with E-state index in [9.17, 15) is 0 Å². The Bertz CT molecular complexity index is 1530. The highest BCUT2D eigenvalue weighted by atomic mass is 15.3. The van der Waals surface area contributed by atoms with Gasteiger partial charge in [-0.15, -0.1) is 5.10 Å². The molecule has 0 saturated carbocycles. The van der Waals surface area contributed by atoms with Crippen molar-refractivity contribution in [3.8, 4) is 40.0 Å². The topological polar surface area (TPSA) is 124 Å². The van der Waals surface area contributed by atoms with Crippen LogP contribution in [-0.2, 0) is 12.1 Å². The maximum Gasteiger partial charge on any atom is 0.219 e. The third-order valence-electron chi connectivity index (χ3n) is 5.51. The van der Waals surface area contributed by atoms with E-state index < -0.39 is 0 Å². The number of nitrogen functional groups attached to an aromatic ring is 1. The number of anilines is 1. The highest BCUT2D eigenvalue weighted by Crippen LogP contribution is 2.36. The molecule has 0 radical (unpaired) electrons. The van der Waals surface area contributed by atoms with Crippen LogP contribution in [0.5, 0.6) is 0 Å². The van der Waals surface area contributed by atoms with Crippen LogP contribution in [0.4, 0.5) is 5.95 Å². The van der Waals surface area contributed by atoms with Gasteiger partial charge in [-0.2, -0.15) is 5.26 Å². The quantitative estimate of drug-likeness (QED) is 0.434. The van der Waals surface area contributed by atoms with Gasteiger partial charge in [-0.25, -0.2) is 24.6 Å². The molecule has 0 aliphatic carbocycles. The molecule has 0 saturated heterocycles. The summed E-state index contributed by atoms with van der Waals surface area (Å²) in [6.07, 6.45) is 5.00. The highest BCUT2D eigenvalue weighted by Gasteiger charge is 2.25. The van der Waals surface area contributed by atoms with Gasteiger partial charge in [-0.05, 0) is 38.5 Å². The minimum atomic E-state index is -0.239. The second kappa shape index (κ2) is 8.08. The van der Waals surface area contributed by atoms with Crippen molar-refractivity contribution in [2.75, 3.05) is 5.73 Å². The zero-order valence-electron chi connectivity index (χ0n) is 19.1. The maximum absolute atomic E-state index is 8.99. The predicted octanol–water partition coefficient (Wildman–Crippen LogP) is 4.28. The minimum Gasteiger partial charge on any atom is -0.368 e. The van der Waals surface area contributed by atoms with E-state index in [1.54, 1.807) is 18.7 Å². The summed E-state index contributed by atoms with van der Waals surface area (Å²) in [4.78, 5) is 17.7. The molecule has 168 valence electrons. The smallest absolute Gasteiger partial charge is 0.219 e. The van der Waals surface area contributed by atoms with Gasteiger partial charge >= 0.3 is 0 Å². The summed E-state index contributed by atoms with van der Waals surface area (Å²) in [7, 11) is 0. The first-order valence-electron chi connectivity index (χ1n) is 10.8. The normalized spacial score (nSPS) is 11.6. The number of hydrogen-bond donors (Lipinski definition) is 1. The van der Waals surface area contributed by atoms with E-state index in [-0.39, 0.29) is 18.0 Å². The van der Waals surface area contributed by atoms with Crippen LogP contribution in [0.15, 0.2) is 61.2 Å². The van der Waals surface area contributed by atoms with Gasteiger partial charge in [0, 0.05) is 34.6 Å². The van der Waals surface area contributed by atoms with Crippen molar-refractivity contribution in [3.63, 3.8) is 0 Å². The van der Waals surface area contributed by atoms with Crippen molar-refractivity contribution in [2.45, 2.75) is 32.9 Å². The number of nitrogens with zero attached hydrogens (tertiary/aromatic N) is 8. The molecular weight excluding hydrogens is 426 g/mol. The zero-order valence-corrected chi connectivity index (χ0v) is 19.1. The molecule has 3 aromatic heterocycles. The molecule has 0 aliphatic rings. The molecule has 0 fully saturated rings. The Kier molecular flexibility index (Phi) is 5.06. The number of hydrogen-bond acceptors (Lipinski definition) is 7. The van der Waals surface area contributed by atoms with Crippen LogP contribution >= 0.6 is 0 Å². The lowest BCUT2D eigenvalue weighted by atomic mass is 10.0. The summed E-state index contributed by atoms with van der Waals surface area (Å²) >= 11 is 0. The summed E-state index contributed by atoms with van der Waals surface area (Å²) in [5.74, 6) is 1.62. The van der Waals surface area contributed by atoms with E-state index in [1.807, 2.05) is 36.4 Å². The van der Waals surface area contributed by atoms with E-state index in [0.717, 1.165) is 39.1 Å². The molecule has 0 spiro atoms. The average Bonchev–Trinajstić information content (AvgIpc) is 3.44. The minimum absolute atomic E-state index is 0.146. The van der Waals surface area contributed by atoms with Crippen molar-refractivity contribution in [1.82, 2.24) is 34.3 Å². The Hall–Kier alpha value is -4.58. The molecule has 0 amide bonds. The van der Waals surface area contributed by atoms with Crippen LogP contribution in [0.3, 0.4) is 0 Å². The number of nitrogens with two attached hydrogens (primary N) is 1. The van der Waals surface area contributed by atoms with Crippen LogP contribution in [0.1, 0.15) is 20.8 Å². The van der Waals surface area contributed by atoms with E-state index in [2.05, 4.69) is 57.5 Å². The third-order valence-corrected chi connectivity index (χ3v) is 5.51. The molecule has 34 heavy (non-hydrogen) atoms. The lowest BCUT2D eigenvalue weighted by Crippen LogP contribution is -2.22. The Balaban J connectivity index is 1.71. The van der Waals surface area contributed by atoms with E-state index in [4.69, 9.17) is 16.0 Å². The number of fused-ring (bicyclic) bond motifs is 1. The van der Waals surface area contributed by atoms with Gasteiger partial charge in [0.2, 0.25) is 5.95 Å². The third kappa shape index (κ3) is 3.75. The maximum atomic E-state index is 8.99. The Morgan fingerprint density at radius 3 is 2.41 bits per heavy atom. The number of benzene rings is 2. The van der Waals surface area contributed by atoms with Crippen LogP contribution in [0, 0.1) is 11.3 Å². The zero-order chi connectivity index (χ0) is 23.9. The van der Waals surface area contributed by atoms with Crippen molar-refractivity contribution in [1.29, 1.82) is 5.26 Å². The largest absolute Gasteiger partial charge is 0.368 e. The standard InChI is InChI=1S/C25H23N9/c1-25(2,3)34-21-9-8-16(17-13-28-24(27)29-14-17)12-20(21)31-23(34)19-7-5-4-6-18(19)22-30-15-33(32-22)11-10-26/h4-9,12-15H,11H2,1-3H3,(H2,27,28,29). The lowest BCUT2D eigenvalue weighted by Gasteiger charge is -2.25. The molecule has 0 atom stereocenters. The number of nitriles is 1. The van der Waals surface area contributed by atoms with Crippen molar-refractivity contribution in [2.24, 2.45) is 0 Å². The lowest BCUT2D eigenvalue weighted by molar-refractivity contribution is 0.413. The fraction of sp³-hybridized carbons (Fsp3) is 0.200. The average molecular weight is 450 g/mol. The monoisotopic (exact) mass is 449 g/mol. The summed E-state index contributed by atoms with van der Waals surface area (Å²) in [5.41, 5.74) is 10.9. The molecule has 9 nitrogen and oxygen atoms in total. The molecule has 0 bridgehead atoms. The Labute approximate surface area is 196 Å². The fourth-order valence-electron chi connectivity index (χ4n) is 4.05. The van der Waals surface area contributed by atoms with E-state index in [1.165, 1.54) is 4.68 Å². The van der Waals surface area contributed by atoms with Crippen LogP contribution in [0.25, 0.3) is 44.9 Å². The van der Waals surface area contributed by atoms with E-state index in [0.29, 0.717) is 5.82 Å². The van der Waals surface area contributed by atoms with Crippen molar-refractivity contribution < 1.29 is 0 Å².